The number of amides is 1. The quantitative estimate of drug-likeness (QED) is 0.0320. The third-order valence-electron chi connectivity index (χ3n) is 17.1. The van der Waals surface area contributed by atoms with E-state index in [1.807, 2.05) is 6.08 Å². The minimum absolute atomic E-state index is 0.0169. The fraction of sp³-hybridized carbons (Fsp3) is 0.893. The number of unbranched alkanes of at least 4 members (excludes halogenated alkanes) is 54. The molecule has 0 bridgehead atoms. The molecule has 2 atom stereocenters. The molecule has 0 aromatic heterocycles. The highest BCUT2D eigenvalue weighted by molar-refractivity contribution is 5.76. The Balaban J connectivity index is 3.36. The summed E-state index contributed by atoms with van der Waals surface area (Å²) in [6.07, 6.45) is 91.0. The minimum Gasteiger partial charge on any atom is -0.466 e. The number of allylic oxidation sites excluding steroid dienone is 5. The lowest BCUT2D eigenvalue weighted by atomic mass is 10.0. The van der Waals surface area contributed by atoms with Crippen LogP contribution in [0.4, 0.5) is 0 Å². The summed E-state index contributed by atoms with van der Waals surface area (Å²) in [4.78, 5) is 24.6. The van der Waals surface area contributed by atoms with Crippen LogP contribution in [0.2, 0.25) is 0 Å². The van der Waals surface area contributed by atoms with Gasteiger partial charge >= 0.3 is 5.97 Å². The number of aliphatic hydroxyl groups is 2. The van der Waals surface area contributed by atoms with Crippen LogP contribution in [0.3, 0.4) is 0 Å². The van der Waals surface area contributed by atoms with E-state index in [-0.39, 0.29) is 18.5 Å². The van der Waals surface area contributed by atoms with Gasteiger partial charge in [-0.3, -0.25) is 9.59 Å². The fourth-order valence-corrected chi connectivity index (χ4v) is 11.5. The van der Waals surface area contributed by atoms with E-state index >= 15 is 0 Å². The molecule has 0 saturated carbocycles. The zero-order valence-corrected chi connectivity index (χ0v) is 54.8. The lowest BCUT2D eigenvalue weighted by molar-refractivity contribution is -0.143. The second-order valence-corrected chi connectivity index (χ2v) is 25.3. The maximum absolute atomic E-state index is 12.5. The summed E-state index contributed by atoms with van der Waals surface area (Å²) in [5, 5.41) is 23.2. The van der Waals surface area contributed by atoms with E-state index in [4.69, 9.17) is 4.74 Å². The second kappa shape index (κ2) is 70.6. The first kappa shape index (κ1) is 79.1. The van der Waals surface area contributed by atoms with Crippen LogP contribution in [0.15, 0.2) is 36.5 Å². The number of esters is 1. The predicted molar refractivity (Wildman–Crippen MR) is 356 cm³/mol. The molecule has 0 aliphatic carbocycles. The van der Waals surface area contributed by atoms with Crippen LogP contribution in [0.1, 0.15) is 406 Å². The molecule has 0 heterocycles. The maximum Gasteiger partial charge on any atom is 0.305 e. The SMILES string of the molecule is CCCCCCCC/C=C\CCCCCCCCCCCC(=O)OCCCCCCCCCCCCCC/C=C\CCCCCCCCCCCCCCCCC(=O)NC(CO)C(O)/C=C/CCCCCCCCCCCCCCC. The summed E-state index contributed by atoms with van der Waals surface area (Å²) in [5.41, 5.74) is 0. The Morgan fingerprint density at radius 3 is 0.877 bits per heavy atom. The summed E-state index contributed by atoms with van der Waals surface area (Å²) in [5.74, 6) is -0.0473. The lowest BCUT2D eigenvalue weighted by Crippen LogP contribution is -2.45. The highest BCUT2D eigenvalue weighted by atomic mass is 16.5. The summed E-state index contributed by atoms with van der Waals surface area (Å²) >= 11 is 0. The Kier molecular flexibility index (Phi) is 68.9. The summed E-state index contributed by atoms with van der Waals surface area (Å²) < 4.78 is 5.51. The number of nitrogens with one attached hydrogen (secondary N) is 1. The number of carbonyl (C=O) groups excluding carboxylic acids is 2. The molecule has 0 rings (SSSR count). The van der Waals surface area contributed by atoms with E-state index in [1.165, 1.54) is 340 Å². The Bertz CT molecular complexity index is 1310. The zero-order valence-electron chi connectivity index (χ0n) is 54.8. The van der Waals surface area contributed by atoms with Crippen molar-refractivity contribution >= 4 is 11.9 Å². The largest absolute Gasteiger partial charge is 0.466 e. The molecule has 2 unspecified atom stereocenters. The Hall–Kier alpha value is -1.92. The lowest BCUT2D eigenvalue weighted by Gasteiger charge is -2.20. The monoisotopic (exact) mass is 1140 g/mol. The van der Waals surface area contributed by atoms with E-state index in [9.17, 15) is 19.8 Å². The second-order valence-electron chi connectivity index (χ2n) is 25.3. The molecule has 0 aromatic carbocycles. The molecule has 0 aliphatic rings. The molecule has 0 aliphatic heterocycles. The van der Waals surface area contributed by atoms with E-state index in [1.54, 1.807) is 6.08 Å². The zero-order chi connectivity index (χ0) is 58.5. The van der Waals surface area contributed by atoms with Crippen LogP contribution in [0.5, 0.6) is 0 Å². The van der Waals surface area contributed by atoms with Crippen LogP contribution >= 0.6 is 0 Å². The summed E-state index contributed by atoms with van der Waals surface area (Å²) in [6.45, 7) is 4.93. The molecule has 0 radical (unpaired) electrons. The van der Waals surface area contributed by atoms with E-state index < -0.39 is 12.1 Å². The number of carbonyl (C=O) groups is 2. The van der Waals surface area contributed by atoms with Crippen molar-refractivity contribution in [3.8, 4) is 0 Å². The molecule has 3 N–H and O–H groups in total. The van der Waals surface area contributed by atoms with Gasteiger partial charge in [0, 0.05) is 12.8 Å². The van der Waals surface area contributed by atoms with Gasteiger partial charge in [-0.15, -0.1) is 0 Å². The minimum atomic E-state index is -0.843. The van der Waals surface area contributed by atoms with Gasteiger partial charge in [-0.2, -0.15) is 0 Å². The molecule has 0 saturated heterocycles. The van der Waals surface area contributed by atoms with Gasteiger partial charge in [-0.25, -0.2) is 0 Å². The van der Waals surface area contributed by atoms with Crippen molar-refractivity contribution in [3.63, 3.8) is 0 Å². The maximum atomic E-state index is 12.5. The van der Waals surface area contributed by atoms with Crippen LogP contribution < -0.4 is 5.32 Å². The van der Waals surface area contributed by atoms with Crippen molar-refractivity contribution in [1.29, 1.82) is 0 Å². The predicted octanol–water partition coefficient (Wildman–Crippen LogP) is 23.9. The van der Waals surface area contributed by atoms with Crippen molar-refractivity contribution in [3.05, 3.63) is 36.5 Å². The normalized spacial score (nSPS) is 12.7. The molecule has 478 valence electrons. The third-order valence-corrected chi connectivity index (χ3v) is 17.1. The van der Waals surface area contributed by atoms with Gasteiger partial charge in [0.2, 0.25) is 5.91 Å². The third kappa shape index (κ3) is 67.1. The smallest absolute Gasteiger partial charge is 0.305 e. The fourth-order valence-electron chi connectivity index (χ4n) is 11.5. The van der Waals surface area contributed by atoms with Crippen molar-refractivity contribution in [1.82, 2.24) is 5.32 Å². The van der Waals surface area contributed by atoms with Crippen molar-refractivity contribution in [2.24, 2.45) is 0 Å². The molecular formula is C75H143NO5. The molecule has 0 fully saturated rings. The first-order valence-corrected chi connectivity index (χ1v) is 36.8. The highest BCUT2D eigenvalue weighted by Crippen LogP contribution is 2.18. The Labute approximate surface area is 506 Å². The van der Waals surface area contributed by atoms with Gasteiger partial charge in [0.25, 0.3) is 0 Å². The number of hydrogen-bond donors (Lipinski definition) is 3. The molecule has 0 aromatic rings. The van der Waals surface area contributed by atoms with Gasteiger partial charge < -0.3 is 20.3 Å². The van der Waals surface area contributed by atoms with Crippen LogP contribution in [-0.2, 0) is 14.3 Å². The van der Waals surface area contributed by atoms with E-state index in [0.29, 0.717) is 19.4 Å². The van der Waals surface area contributed by atoms with E-state index in [0.717, 1.165) is 38.5 Å². The first-order valence-electron chi connectivity index (χ1n) is 36.8. The summed E-state index contributed by atoms with van der Waals surface area (Å²) in [6, 6.07) is -0.627. The van der Waals surface area contributed by atoms with Crippen LogP contribution in [0.25, 0.3) is 0 Å². The number of aliphatic hydroxyl groups excluding tert-OH is 2. The molecular weight excluding hydrogens is 995 g/mol. The standard InChI is InChI=1S/C75H143NO5/c1-3-5-7-9-11-13-15-17-19-20-33-37-41-45-49-53-57-61-65-69-75(80)81-70-66-62-58-54-50-46-42-38-35-32-30-28-26-24-22-21-23-25-27-29-31-34-36-40-44-48-52-56-60-64-68-74(79)76-72(71-77)73(78)67-63-59-55-51-47-43-39-18-16-14-12-10-8-6-4-2/h17,19,22,24,63,67,72-73,77-78H,3-16,18,20-21,23,25-62,64-66,68-71H2,1-2H3,(H,76,79)/b19-17-,24-22-,67-63+. The van der Waals surface area contributed by atoms with Gasteiger partial charge in [0.15, 0.2) is 0 Å². The molecule has 0 spiro atoms. The molecule has 6 nitrogen and oxygen atoms in total. The van der Waals surface area contributed by atoms with Crippen molar-refractivity contribution in [2.75, 3.05) is 13.2 Å². The summed E-state index contributed by atoms with van der Waals surface area (Å²) in [7, 11) is 0. The Morgan fingerprint density at radius 2 is 0.580 bits per heavy atom. The average Bonchev–Trinajstić information content (AvgIpc) is 3.47. The van der Waals surface area contributed by atoms with Gasteiger partial charge in [-0.1, -0.05) is 346 Å². The highest BCUT2D eigenvalue weighted by Gasteiger charge is 2.18. The average molecular weight is 1140 g/mol. The van der Waals surface area contributed by atoms with Crippen molar-refractivity contribution < 1.29 is 24.5 Å². The Morgan fingerprint density at radius 1 is 0.333 bits per heavy atom. The van der Waals surface area contributed by atoms with E-state index in [2.05, 4.69) is 43.5 Å². The van der Waals surface area contributed by atoms with Gasteiger partial charge in [0.1, 0.15) is 0 Å². The topological polar surface area (TPSA) is 95.9 Å². The number of ether oxygens (including phenoxy) is 1. The van der Waals surface area contributed by atoms with Gasteiger partial charge in [-0.05, 0) is 83.5 Å². The number of hydrogen-bond acceptors (Lipinski definition) is 5. The molecule has 81 heavy (non-hydrogen) atoms. The van der Waals surface area contributed by atoms with Gasteiger partial charge in [0.05, 0.1) is 25.4 Å². The molecule has 6 heteroatoms. The molecule has 1 amide bonds. The van der Waals surface area contributed by atoms with Crippen LogP contribution in [0, 0.1) is 0 Å². The van der Waals surface area contributed by atoms with Crippen LogP contribution in [-0.4, -0.2) is 47.4 Å². The van der Waals surface area contributed by atoms with Crippen molar-refractivity contribution in [2.45, 2.75) is 418 Å². The number of rotatable bonds is 69. The first-order chi connectivity index (χ1) is 40.0.